The van der Waals surface area contributed by atoms with E-state index in [4.69, 9.17) is 19.1 Å². The standard InChI is InChI=1S/C22H21F2N3O4/c1-29-19-9-15-13(8-20(19)30-10-21(23)24)14-7-12(28)3-5-16(14)25-22(15)11-2-4-17-18(6-11)27-31-26-17/h2,4,6,8-9,12,14,16,21,28H,3,5,7,10H2,1H3. The highest BCUT2D eigenvalue weighted by Crippen LogP contribution is 2.45. The quantitative estimate of drug-likeness (QED) is 0.665. The van der Waals surface area contributed by atoms with E-state index in [1.54, 1.807) is 12.1 Å². The fourth-order valence-corrected chi connectivity index (χ4v) is 4.53. The predicted molar refractivity (Wildman–Crippen MR) is 108 cm³/mol. The zero-order chi connectivity index (χ0) is 21.5. The minimum atomic E-state index is -2.59. The maximum absolute atomic E-state index is 12.8. The summed E-state index contributed by atoms with van der Waals surface area (Å²) in [6, 6.07) is 9.10. The summed E-state index contributed by atoms with van der Waals surface area (Å²) in [7, 11) is 1.47. The van der Waals surface area contributed by atoms with Gasteiger partial charge >= 0.3 is 0 Å². The molecule has 2 aromatic carbocycles. The molecule has 3 aromatic rings. The number of ether oxygens (including phenoxy) is 2. The summed E-state index contributed by atoms with van der Waals surface area (Å²) in [5, 5.41) is 18.0. The number of fused-ring (bicyclic) bond motifs is 4. The average Bonchev–Trinajstić information content (AvgIpc) is 3.24. The third-order valence-electron chi connectivity index (χ3n) is 5.96. The van der Waals surface area contributed by atoms with E-state index in [1.807, 2.05) is 18.2 Å². The number of hydrogen-bond donors (Lipinski definition) is 1. The molecule has 2 aliphatic rings. The first-order valence-corrected chi connectivity index (χ1v) is 10.1. The van der Waals surface area contributed by atoms with Crippen LogP contribution < -0.4 is 9.47 Å². The first-order valence-electron chi connectivity index (χ1n) is 10.1. The Labute approximate surface area is 176 Å². The van der Waals surface area contributed by atoms with E-state index in [-0.39, 0.29) is 17.7 Å². The number of halogens is 2. The van der Waals surface area contributed by atoms with Crippen molar-refractivity contribution in [3.05, 3.63) is 47.0 Å². The second-order valence-corrected chi connectivity index (χ2v) is 7.88. The van der Waals surface area contributed by atoms with E-state index in [0.717, 1.165) is 28.8 Å². The SMILES string of the molecule is COc1cc2c(cc1OCC(F)F)C1CC(O)CCC1N=C2c1ccc2nonc2c1. The molecule has 2 heterocycles. The van der Waals surface area contributed by atoms with Crippen molar-refractivity contribution in [1.82, 2.24) is 10.3 Å². The average molecular weight is 429 g/mol. The minimum Gasteiger partial charge on any atom is -0.493 e. The van der Waals surface area contributed by atoms with Gasteiger partial charge in [0.05, 0.1) is 25.0 Å². The molecule has 0 radical (unpaired) electrons. The smallest absolute Gasteiger partial charge is 0.272 e. The van der Waals surface area contributed by atoms with Crippen LogP contribution in [0, 0.1) is 0 Å². The van der Waals surface area contributed by atoms with Crippen LogP contribution in [0.4, 0.5) is 8.78 Å². The third-order valence-corrected chi connectivity index (χ3v) is 5.96. The number of nitrogens with zero attached hydrogens (tertiary/aromatic N) is 3. The molecule has 0 amide bonds. The molecule has 1 saturated carbocycles. The summed E-state index contributed by atoms with van der Waals surface area (Å²) in [6.45, 7) is -0.720. The van der Waals surface area contributed by atoms with Gasteiger partial charge in [-0.25, -0.2) is 13.4 Å². The van der Waals surface area contributed by atoms with Crippen molar-refractivity contribution in [3.63, 3.8) is 0 Å². The largest absolute Gasteiger partial charge is 0.493 e. The van der Waals surface area contributed by atoms with Gasteiger partial charge in [0.25, 0.3) is 6.43 Å². The summed E-state index contributed by atoms with van der Waals surface area (Å²) in [5.41, 5.74) is 4.61. The molecule has 162 valence electrons. The van der Waals surface area contributed by atoms with E-state index in [9.17, 15) is 13.9 Å². The summed E-state index contributed by atoms with van der Waals surface area (Å²) in [5.74, 6) is 0.587. The van der Waals surface area contributed by atoms with Crippen LogP contribution in [0.25, 0.3) is 11.0 Å². The third kappa shape index (κ3) is 3.63. The Bertz CT molecular complexity index is 1150. The van der Waals surface area contributed by atoms with Gasteiger partial charge in [-0.05, 0) is 59.4 Å². The van der Waals surface area contributed by atoms with E-state index in [1.165, 1.54) is 7.11 Å². The molecule has 5 rings (SSSR count). The zero-order valence-corrected chi connectivity index (χ0v) is 16.8. The molecule has 7 nitrogen and oxygen atoms in total. The van der Waals surface area contributed by atoms with Crippen LogP contribution in [-0.2, 0) is 0 Å². The highest BCUT2D eigenvalue weighted by atomic mass is 19.3. The molecular formula is C22H21F2N3O4. The normalized spacial score (nSPS) is 22.7. The van der Waals surface area contributed by atoms with E-state index >= 15 is 0 Å². The van der Waals surface area contributed by atoms with Gasteiger partial charge < -0.3 is 14.6 Å². The van der Waals surface area contributed by atoms with Crippen molar-refractivity contribution in [2.75, 3.05) is 13.7 Å². The number of aromatic nitrogens is 2. The number of aliphatic hydroxyl groups is 1. The molecule has 1 aliphatic heterocycles. The van der Waals surface area contributed by atoms with Crippen LogP contribution in [0.15, 0.2) is 40.0 Å². The Morgan fingerprint density at radius 3 is 2.77 bits per heavy atom. The van der Waals surface area contributed by atoms with Gasteiger partial charge in [0.1, 0.15) is 17.6 Å². The highest BCUT2D eigenvalue weighted by Gasteiger charge is 2.37. The lowest BCUT2D eigenvalue weighted by atomic mass is 9.74. The van der Waals surface area contributed by atoms with Gasteiger partial charge in [-0.3, -0.25) is 4.99 Å². The number of alkyl halides is 2. The van der Waals surface area contributed by atoms with Crippen LogP contribution in [0.2, 0.25) is 0 Å². The Hall–Kier alpha value is -3.07. The number of aliphatic imine (C=N–C) groups is 1. The van der Waals surface area contributed by atoms with E-state index in [2.05, 4.69) is 10.3 Å². The predicted octanol–water partition coefficient (Wildman–Crippen LogP) is 3.72. The topological polar surface area (TPSA) is 90.0 Å². The monoisotopic (exact) mass is 429 g/mol. The van der Waals surface area contributed by atoms with Gasteiger partial charge in [0.2, 0.25) is 0 Å². The van der Waals surface area contributed by atoms with E-state index < -0.39 is 19.1 Å². The number of aliphatic hydroxyl groups excluding tert-OH is 1. The first kappa shape index (κ1) is 19.9. The number of methoxy groups -OCH3 is 1. The van der Waals surface area contributed by atoms with Crippen molar-refractivity contribution in [2.24, 2.45) is 4.99 Å². The highest BCUT2D eigenvalue weighted by molar-refractivity contribution is 6.16. The maximum Gasteiger partial charge on any atom is 0.272 e. The van der Waals surface area contributed by atoms with Gasteiger partial charge in [-0.2, -0.15) is 0 Å². The van der Waals surface area contributed by atoms with E-state index in [0.29, 0.717) is 29.6 Å². The Kier molecular flexibility index (Phi) is 5.05. The van der Waals surface area contributed by atoms with Crippen molar-refractivity contribution in [1.29, 1.82) is 0 Å². The zero-order valence-electron chi connectivity index (χ0n) is 16.8. The Morgan fingerprint density at radius 2 is 1.97 bits per heavy atom. The Balaban J connectivity index is 1.65. The fraction of sp³-hybridized carbons (Fsp3) is 0.409. The lowest BCUT2D eigenvalue weighted by Gasteiger charge is -2.37. The molecule has 1 fully saturated rings. The number of rotatable bonds is 5. The van der Waals surface area contributed by atoms with Gasteiger partial charge in [0, 0.05) is 17.0 Å². The van der Waals surface area contributed by atoms with Crippen LogP contribution in [0.1, 0.15) is 41.9 Å². The lowest BCUT2D eigenvalue weighted by Crippen LogP contribution is -2.34. The van der Waals surface area contributed by atoms with Crippen LogP contribution in [-0.4, -0.2) is 53.4 Å². The molecule has 1 aliphatic carbocycles. The molecule has 9 heteroatoms. The maximum atomic E-state index is 12.8. The van der Waals surface area contributed by atoms with Crippen LogP contribution in [0.5, 0.6) is 11.5 Å². The van der Waals surface area contributed by atoms with Crippen molar-refractivity contribution >= 4 is 16.7 Å². The summed E-state index contributed by atoms with van der Waals surface area (Å²) < 4.78 is 41.1. The molecule has 3 atom stereocenters. The summed E-state index contributed by atoms with van der Waals surface area (Å²) >= 11 is 0. The van der Waals surface area contributed by atoms with Crippen molar-refractivity contribution < 1.29 is 28.0 Å². The second-order valence-electron chi connectivity index (χ2n) is 7.88. The van der Waals surface area contributed by atoms with Gasteiger partial charge in [0.15, 0.2) is 11.5 Å². The first-order chi connectivity index (χ1) is 15.0. The summed E-state index contributed by atoms with van der Waals surface area (Å²) in [6.07, 6.45) is -1.05. The molecule has 0 bridgehead atoms. The molecule has 0 spiro atoms. The number of hydrogen-bond acceptors (Lipinski definition) is 7. The molecule has 31 heavy (non-hydrogen) atoms. The fourth-order valence-electron chi connectivity index (χ4n) is 4.53. The second kappa shape index (κ2) is 7.88. The molecule has 1 N–H and O–H groups in total. The van der Waals surface area contributed by atoms with Crippen LogP contribution in [0.3, 0.4) is 0 Å². The van der Waals surface area contributed by atoms with Gasteiger partial charge in [-0.15, -0.1) is 0 Å². The Morgan fingerprint density at radius 1 is 1.13 bits per heavy atom. The van der Waals surface area contributed by atoms with Crippen molar-refractivity contribution in [3.8, 4) is 11.5 Å². The molecular weight excluding hydrogens is 408 g/mol. The summed E-state index contributed by atoms with van der Waals surface area (Å²) in [4.78, 5) is 5.03. The lowest BCUT2D eigenvalue weighted by molar-refractivity contribution is 0.0802. The molecule has 1 aromatic heterocycles. The molecule has 3 unspecified atom stereocenters. The minimum absolute atomic E-state index is 0.0200. The van der Waals surface area contributed by atoms with Crippen molar-refractivity contribution in [2.45, 2.75) is 43.8 Å². The van der Waals surface area contributed by atoms with Crippen LogP contribution >= 0.6 is 0 Å². The molecule has 0 saturated heterocycles. The number of benzene rings is 2. The van der Waals surface area contributed by atoms with Gasteiger partial charge in [-0.1, -0.05) is 6.07 Å².